The predicted molar refractivity (Wildman–Crippen MR) is 97.0 cm³/mol. The smallest absolute Gasteiger partial charge is 0.315 e. The van der Waals surface area contributed by atoms with Gasteiger partial charge in [0.2, 0.25) is 5.91 Å². The Kier molecular flexibility index (Phi) is 7.25. The third-order valence-electron chi connectivity index (χ3n) is 4.59. The van der Waals surface area contributed by atoms with Gasteiger partial charge in [-0.15, -0.1) is 0 Å². The number of urea groups is 1. The lowest BCUT2D eigenvalue weighted by molar-refractivity contribution is -0.136. The number of nitrogens with zero attached hydrogens (tertiary/aromatic N) is 1. The van der Waals surface area contributed by atoms with Crippen molar-refractivity contribution in [1.29, 1.82) is 0 Å². The normalized spacial score (nSPS) is 18.5. The van der Waals surface area contributed by atoms with Gasteiger partial charge in [0, 0.05) is 26.2 Å². The Hall–Kier alpha value is -2.08. The summed E-state index contributed by atoms with van der Waals surface area (Å²) in [6.07, 6.45) is 3.23. The first kappa shape index (κ1) is 19.2. The molecule has 3 amide bonds. The van der Waals surface area contributed by atoms with Crippen LogP contribution in [-0.2, 0) is 22.7 Å². The highest BCUT2D eigenvalue weighted by Gasteiger charge is 2.27. The van der Waals surface area contributed by atoms with E-state index in [2.05, 4.69) is 17.6 Å². The van der Waals surface area contributed by atoms with Gasteiger partial charge < -0.3 is 20.3 Å². The minimum atomic E-state index is -0.523. The molecule has 0 saturated carbocycles. The zero-order valence-corrected chi connectivity index (χ0v) is 15.4. The van der Waals surface area contributed by atoms with Gasteiger partial charge in [0.15, 0.2) is 0 Å². The molecule has 1 aliphatic rings. The number of piperidine rings is 1. The molecule has 0 aromatic heterocycles. The number of carbonyl (C=O) groups is 2. The lowest BCUT2D eigenvalue weighted by atomic mass is 10.0. The molecule has 1 saturated heterocycles. The summed E-state index contributed by atoms with van der Waals surface area (Å²) in [5, 5.41) is 5.54. The number of likely N-dealkylation sites (tertiary alicyclic amines) is 1. The summed E-state index contributed by atoms with van der Waals surface area (Å²) in [5.74, 6) is -0.00808. The Morgan fingerprint density at radius 2 is 1.92 bits per heavy atom. The quantitative estimate of drug-likeness (QED) is 0.830. The zero-order chi connectivity index (χ0) is 18.2. The molecule has 2 rings (SSSR count). The van der Waals surface area contributed by atoms with Crippen LogP contribution >= 0.6 is 0 Å². The number of nitrogens with one attached hydrogen (secondary N) is 2. The first-order valence-electron chi connectivity index (χ1n) is 8.93. The lowest BCUT2D eigenvalue weighted by Crippen LogP contribution is -2.53. The fourth-order valence-corrected chi connectivity index (χ4v) is 3.09. The maximum atomic E-state index is 12.5. The molecule has 1 aliphatic heterocycles. The maximum absolute atomic E-state index is 12.5. The number of hydrogen-bond acceptors (Lipinski definition) is 3. The van der Waals surface area contributed by atoms with Crippen LogP contribution in [0.1, 0.15) is 44.2 Å². The van der Waals surface area contributed by atoms with Crippen LogP contribution < -0.4 is 10.6 Å². The molecule has 0 unspecified atom stereocenters. The first-order valence-corrected chi connectivity index (χ1v) is 8.93. The molecule has 138 valence electrons. The van der Waals surface area contributed by atoms with Crippen molar-refractivity contribution < 1.29 is 14.3 Å². The Bertz CT molecular complexity index is 574. The average molecular weight is 347 g/mol. The SMILES string of the molecule is COCc1ccc(CNC(=O)N[C@H](C)C(=O)N2CCCC[C@H]2C)cc1. The van der Waals surface area contributed by atoms with E-state index in [4.69, 9.17) is 4.74 Å². The number of carbonyl (C=O) groups excluding carboxylic acids is 2. The second-order valence-corrected chi connectivity index (χ2v) is 6.67. The molecule has 1 aromatic carbocycles. The number of amides is 3. The second kappa shape index (κ2) is 9.42. The van der Waals surface area contributed by atoms with Gasteiger partial charge in [-0.1, -0.05) is 24.3 Å². The molecule has 6 heteroatoms. The molecule has 2 atom stereocenters. The van der Waals surface area contributed by atoms with Crippen molar-refractivity contribution in [3.8, 4) is 0 Å². The van der Waals surface area contributed by atoms with Gasteiger partial charge in [0.05, 0.1) is 6.61 Å². The number of rotatable bonds is 6. The van der Waals surface area contributed by atoms with E-state index >= 15 is 0 Å². The first-order chi connectivity index (χ1) is 12.0. The summed E-state index contributed by atoms with van der Waals surface area (Å²) in [4.78, 5) is 26.4. The average Bonchev–Trinajstić information content (AvgIpc) is 2.61. The Morgan fingerprint density at radius 1 is 1.24 bits per heavy atom. The van der Waals surface area contributed by atoms with Crippen LogP contribution in [0.3, 0.4) is 0 Å². The van der Waals surface area contributed by atoms with Gasteiger partial charge >= 0.3 is 6.03 Å². The fourth-order valence-electron chi connectivity index (χ4n) is 3.09. The Morgan fingerprint density at radius 3 is 2.56 bits per heavy atom. The van der Waals surface area contributed by atoms with Crippen LogP contribution in [0.5, 0.6) is 0 Å². The van der Waals surface area contributed by atoms with Crippen molar-refractivity contribution in [3.63, 3.8) is 0 Å². The van der Waals surface area contributed by atoms with Crippen molar-refractivity contribution >= 4 is 11.9 Å². The van der Waals surface area contributed by atoms with E-state index < -0.39 is 6.04 Å². The summed E-state index contributed by atoms with van der Waals surface area (Å²) in [5.41, 5.74) is 2.09. The van der Waals surface area contributed by atoms with Gasteiger partial charge in [-0.05, 0) is 44.2 Å². The molecule has 0 aliphatic carbocycles. The van der Waals surface area contributed by atoms with E-state index in [9.17, 15) is 9.59 Å². The summed E-state index contributed by atoms with van der Waals surface area (Å²) in [6, 6.07) is 7.26. The van der Waals surface area contributed by atoms with Gasteiger partial charge in [0.25, 0.3) is 0 Å². The minimum absolute atomic E-state index is 0.00808. The van der Waals surface area contributed by atoms with Crippen LogP contribution in [0.2, 0.25) is 0 Å². The number of benzene rings is 1. The standard InChI is InChI=1S/C19H29N3O3/c1-14-6-4-5-11-22(14)18(23)15(2)21-19(24)20-12-16-7-9-17(10-8-16)13-25-3/h7-10,14-15H,4-6,11-13H2,1-3H3,(H2,20,21,24)/t14-,15-/m1/s1. The van der Waals surface area contributed by atoms with Crippen LogP contribution in [0.15, 0.2) is 24.3 Å². The van der Waals surface area contributed by atoms with Gasteiger partial charge in [0.1, 0.15) is 6.04 Å². The Balaban J connectivity index is 1.77. The third kappa shape index (κ3) is 5.74. The number of methoxy groups -OCH3 is 1. The molecule has 0 spiro atoms. The van der Waals surface area contributed by atoms with Crippen molar-refractivity contribution in [3.05, 3.63) is 35.4 Å². The largest absolute Gasteiger partial charge is 0.380 e. The molecular formula is C19H29N3O3. The van der Waals surface area contributed by atoms with Gasteiger partial charge in [-0.25, -0.2) is 4.79 Å². The molecule has 2 N–H and O–H groups in total. The molecule has 1 aromatic rings. The number of hydrogen-bond donors (Lipinski definition) is 2. The fraction of sp³-hybridized carbons (Fsp3) is 0.579. The molecule has 0 bridgehead atoms. The lowest BCUT2D eigenvalue weighted by Gasteiger charge is -2.35. The zero-order valence-electron chi connectivity index (χ0n) is 15.4. The minimum Gasteiger partial charge on any atom is -0.380 e. The highest BCUT2D eigenvalue weighted by atomic mass is 16.5. The van der Waals surface area contributed by atoms with Gasteiger partial charge in [-0.2, -0.15) is 0 Å². The third-order valence-corrected chi connectivity index (χ3v) is 4.59. The molecule has 25 heavy (non-hydrogen) atoms. The predicted octanol–water partition coefficient (Wildman–Crippen LogP) is 2.42. The monoisotopic (exact) mass is 347 g/mol. The van der Waals surface area contributed by atoms with Crippen molar-refractivity contribution in [2.24, 2.45) is 0 Å². The highest BCUT2D eigenvalue weighted by molar-refractivity contribution is 5.87. The second-order valence-electron chi connectivity index (χ2n) is 6.67. The van der Waals surface area contributed by atoms with E-state index in [1.54, 1.807) is 14.0 Å². The molecule has 1 heterocycles. The highest BCUT2D eigenvalue weighted by Crippen LogP contribution is 2.17. The van der Waals surface area contributed by atoms with Crippen molar-refractivity contribution in [2.75, 3.05) is 13.7 Å². The van der Waals surface area contributed by atoms with Crippen LogP contribution in [0.25, 0.3) is 0 Å². The maximum Gasteiger partial charge on any atom is 0.315 e. The van der Waals surface area contributed by atoms with Crippen molar-refractivity contribution in [1.82, 2.24) is 15.5 Å². The van der Waals surface area contributed by atoms with E-state index in [0.29, 0.717) is 13.2 Å². The summed E-state index contributed by atoms with van der Waals surface area (Å²) < 4.78 is 5.07. The van der Waals surface area contributed by atoms with Crippen LogP contribution in [0.4, 0.5) is 4.79 Å². The molecule has 0 radical (unpaired) electrons. The molecular weight excluding hydrogens is 318 g/mol. The van der Waals surface area contributed by atoms with E-state index in [1.807, 2.05) is 29.2 Å². The number of ether oxygens (including phenoxy) is 1. The summed E-state index contributed by atoms with van der Waals surface area (Å²) in [7, 11) is 1.66. The van der Waals surface area contributed by atoms with Crippen molar-refractivity contribution in [2.45, 2.75) is 58.3 Å². The summed E-state index contributed by atoms with van der Waals surface area (Å²) >= 11 is 0. The Labute approximate surface area is 149 Å². The van der Waals surface area contributed by atoms with E-state index in [-0.39, 0.29) is 18.0 Å². The summed E-state index contributed by atoms with van der Waals surface area (Å²) in [6.45, 7) is 5.57. The van der Waals surface area contributed by atoms with Crippen LogP contribution in [0, 0.1) is 0 Å². The van der Waals surface area contributed by atoms with Crippen LogP contribution in [-0.4, -0.2) is 42.6 Å². The topological polar surface area (TPSA) is 70.7 Å². The molecule has 1 fully saturated rings. The molecule has 6 nitrogen and oxygen atoms in total. The van der Waals surface area contributed by atoms with Gasteiger partial charge in [-0.3, -0.25) is 4.79 Å². The van der Waals surface area contributed by atoms with E-state index in [0.717, 1.165) is 36.9 Å². The van der Waals surface area contributed by atoms with E-state index in [1.165, 1.54) is 0 Å².